The molecule has 0 amide bonds. The van der Waals surface area contributed by atoms with E-state index in [2.05, 4.69) is 10.3 Å². The van der Waals surface area contributed by atoms with Gasteiger partial charge in [-0.15, -0.1) is 24.8 Å². The molecule has 2 heterocycles. The zero-order valence-corrected chi connectivity index (χ0v) is 9.93. The van der Waals surface area contributed by atoms with E-state index in [1.54, 1.807) is 12.4 Å². The molecule has 86 valence electrons. The number of nitrogens with zero attached hydrogens (tertiary/aromatic N) is 1. The Kier molecular flexibility index (Phi) is 6.85. The van der Waals surface area contributed by atoms with Crippen molar-refractivity contribution in [2.75, 3.05) is 13.1 Å². The SMILES string of the molecule is Cl.Cl.O[C@H]1CNC[C@H]1Cc1ccncc1. The highest BCUT2D eigenvalue weighted by atomic mass is 35.5. The molecule has 1 aliphatic rings. The third kappa shape index (κ3) is 3.95. The summed E-state index contributed by atoms with van der Waals surface area (Å²) in [6.07, 6.45) is 4.35. The van der Waals surface area contributed by atoms with Gasteiger partial charge in [0.2, 0.25) is 0 Å². The van der Waals surface area contributed by atoms with E-state index >= 15 is 0 Å². The Morgan fingerprint density at radius 2 is 1.93 bits per heavy atom. The summed E-state index contributed by atoms with van der Waals surface area (Å²) >= 11 is 0. The summed E-state index contributed by atoms with van der Waals surface area (Å²) in [5.41, 5.74) is 1.25. The first-order valence-corrected chi connectivity index (χ1v) is 4.64. The van der Waals surface area contributed by atoms with E-state index in [1.807, 2.05) is 12.1 Å². The molecule has 1 aromatic rings. The highest BCUT2D eigenvalue weighted by molar-refractivity contribution is 5.85. The zero-order valence-electron chi connectivity index (χ0n) is 8.30. The van der Waals surface area contributed by atoms with Gasteiger partial charge in [-0.05, 0) is 24.1 Å². The third-order valence-corrected chi connectivity index (χ3v) is 2.55. The molecule has 2 N–H and O–H groups in total. The van der Waals surface area contributed by atoms with Crippen molar-refractivity contribution in [2.24, 2.45) is 5.92 Å². The molecule has 0 saturated carbocycles. The van der Waals surface area contributed by atoms with Crippen LogP contribution in [0.2, 0.25) is 0 Å². The molecule has 0 bridgehead atoms. The fraction of sp³-hybridized carbons (Fsp3) is 0.500. The second kappa shape index (κ2) is 7.01. The van der Waals surface area contributed by atoms with E-state index in [0.29, 0.717) is 5.92 Å². The smallest absolute Gasteiger partial charge is 0.0708 e. The van der Waals surface area contributed by atoms with Gasteiger partial charge in [0.1, 0.15) is 0 Å². The topological polar surface area (TPSA) is 45.1 Å². The molecule has 1 saturated heterocycles. The minimum absolute atomic E-state index is 0. The number of β-amino-alcohol motifs (C(OH)–C–C–N with tert-alkyl or cyclic N) is 1. The van der Waals surface area contributed by atoms with Crippen molar-refractivity contribution in [3.05, 3.63) is 30.1 Å². The van der Waals surface area contributed by atoms with Gasteiger partial charge in [0.25, 0.3) is 0 Å². The second-order valence-corrected chi connectivity index (χ2v) is 3.55. The fourth-order valence-electron chi connectivity index (χ4n) is 1.75. The second-order valence-electron chi connectivity index (χ2n) is 3.55. The number of aromatic nitrogens is 1. The summed E-state index contributed by atoms with van der Waals surface area (Å²) < 4.78 is 0. The molecule has 2 rings (SSSR count). The lowest BCUT2D eigenvalue weighted by molar-refractivity contribution is 0.147. The largest absolute Gasteiger partial charge is 0.391 e. The molecule has 2 atom stereocenters. The number of hydrogen-bond donors (Lipinski definition) is 2. The predicted molar refractivity (Wildman–Crippen MR) is 64.8 cm³/mol. The Balaban J connectivity index is 0.000000980. The van der Waals surface area contributed by atoms with Gasteiger partial charge in [-0.2, -0.15) is 0 Å². The number of rotatable bonds is 2. The highest BCUT2D eigenvalue weighted by Gasteiger charge is 2.24. The van der Waals surface area contributed by atoms with Crippen LogP contribution in [0.1, 0.15) is 5.56 Å². The molecule has 5 heteroatoms. The van der Waals surface area contributed by atoms with Gasteiger partial charge in [0.05, 0.1) is 6.10 Å². The van der Waals surface area contributed by atoms with Crippen LogP contribution in [0.5, 0.6) is 0 Å². The minimum atomic E-state index is -0.187. The third-order valence-electron chi connectivity index (χ3n) is 2.55. The first-order valence-electron chi connectivity index (χ1n) is 4.64. The standard InChI is InChI=1S/C10H14N2O.2ClH/c13-10-7-12-6-9(10)5-8-1-3-11-4-2-8;;/h1-4,9-10,12-13H,5-7H2;2*1H/t9-,10+;;/m1../s1. The van der Waals surface area contributed by atoms with Gasteiger partial charge in [0.15, 0.2) is 0 Å². The maximum atomic E-state index is 9.57. The van der Waals surface area contributed by atoms with Crippen LogP contribution >= 0.6 is 24.8 Å². The van der Waals surface area contributed by atoms with Crippen LogP contribution in [0, 0.1) is 5.92 Å². The number of aliphatic hydroxyl groups is 1. The van der Waals surface area contributed by atoms with Crippen LogP contribution in [-0.4, -0.2) is 29.3 Å². The van der Waals surface area contributed by atoms with Gasteiger partial charge in [-0.3, -0.25) is 4.98 Å². The van der Waals surface area contributed by atoms with Crippen molar-refractivity contribution in [2.45, 2.75) is 12.5 Å². The van der Waals surface area contributed by atoms with Gasteiger partial charge in [-0.1, -0.05) is 0 Å². The lowest BCUT2D eigenvalue weighted by Crippen LogP contribution is -2.19. The Hall–Kier alpha value is -0.350. The van der Waals surface area contributed by atoms with E-state index in [9.17, 15) is 5.11 Å². The summed E-state index contributed by atoms with van der Waals surface area (Å²) in [5, 5.41) is 12.7. The molecule has 0 aromatic carbocycles. The molecule has 0 unspecified atom stereocenters. The predicted octanol–water partition coefficient (Wildman–Crippen LogP) is 1.05. The molecule has 15 heavy (non-hydrogen) atoms. The van der Waals surface area contributed by atoms with E-state index in [-0.39, 0.29) is 30.9 Å². The zero-order chi connectivity index (χ0) is 9.10. The molecular formula is C10H16Cl2N2O. The summed E-state index contributed by atoms with van der Waals surface area (Å²) in [6.45, 7) is 1.65. The van der Waals surface area contributed by atoms with Crippen molar-refractivity contribution in [1.29, 1.82) is 0 Å². The number of nitrogens with one attached hydrogen (secondary N) is 1. The molecule has 0 radical (unpaired) electrons. The van der Waals surface area contributed by atoms with Gasteiger partial charge in [0, 0.05) is 31.4 Å². The summed E-state index contributed by atoms with van der Waals surface area (Å²) in [5.74, 6) is 0.363. The van der Waals surface area contributed by atoms with Gasteiger partial charge < -0.3 is 10.4 Å². The molecule has 1 aromatic heterocycles. The minimum Gasteiger partial charge on any atom is -0.391 e. The molecule has 3 nitrogen and oxygen atoms in total. The average molecular weight is 251 g/mol. The summed E-state index contributed by atoms with van der Waals surface area (Å²) in [4.78, 5) is 3.96. The van der Waals surface area contributed by atoms with Gasteiger partial charge >= 0.3 is 0 Å². The Labute approximate surface area is 102 Å². The van der Waals surface area contributed by atoms with Crippen LogP contribution in [-0.2, 0) is 6.42 Å². The average Bonchev–Trinajstić information content (AvgIpc) is 2.54. The van der Waals surface area contributed by atoms with Crippen molar-refractivity contribution < 1.29 is 5.11 Å². The van der Waals surface area contributed by atoms with E-state index in [1.165, 1.54) is 5.56 Å². The molecule has 1 fully saturated rings. The van der Waals surface area contributed by atoms with E-state index < -0.39 is 0 Å². The number of halogens is 2. The summed E-state index contributed by atoms with van der Waals surface area (Å²) in [6, 6.07) is 4.01. The Morgan fingerprint density at radius 1 is 1.27 bits per heavy atom. The van der Waals surface area contributed by atoms with Crippen LogP contribution in [0.4, 0.5) is 0 Å². The van der Waals surface area contributed by atoms with E-state index in [0.717, 1.165) is 19.5 Å². The van der Waals surface area contributed by atoms with Gasteiger partial charge in [-0.25, -0.2) is 0 Å². The van der Waals surface area contributed by atoms with Crippen molar-refractivity contribution in [1.82, 2.24) is 10.3 Å². The Morgan fingerprint density at radius 3 is 2.47 bits per heavy atom. The highest BCUT2D eigenvalue weighted by Crippen LogP contribution is 2.14. The first-order chi connectivity index (χ1) is 6.36. The maximum Gasteiger partial charge on any atom is 0.0708 e. The van der Waals surface area contributed by atoms with Crippen molar-refractivity contribution in [3.8, 4) is 0 Å². The van der Waals surface area contributed by atoms with Crippen molar-refractivity contribution in [3.63, 3.8) is 0 Å². The lowest BCUT2D eigenvalue weighted by Gasteiger charge is -2.12. The monoisotopic (exact) mass is 250 g/mol. The Bertz CT molecular complexity index is 271. The van der Waals surface area contributed by atoms with Crippen LogP contribution in [0.15, 0.2) is 24.5 Å². The van der Waals surface area contributed by atoms with E-state index in [4.69, 9.17) is 0 Å². The molecule has 0 spiro atoms. The molecular weight excluding hydrogens is 235 g/mol. The fourth-order valence-corrected chi connectivity index (χ4v) is 1.75. The van der Waals surface area contributed by atoms with Crippen LogP contribution in [0.25, 0.3) is 0 Å². The summed E-state index contributed by atoms with van der Waals surface area (Å²) in [7, 11) is 0. The quantitative estimate of drug-likeness (QED) is 0.825. The first kappa shape index (κ1) is 14.6. The number of hydrogen-bond acceptors (Lipinski definition) is 3. The lowest BCUT2D eigenvalue weighted by atomic mass is 9.97. The van der Waals surface area contributed by atoms with Crippen LogP contribution < -0.4 is 5.32 Å². The number of aliphatic hydroxyl groups excluding tert-OH is 1. The molecule has 0 aliphatic carbocycles. The normalized spacial score (nSPS) is 24.1. The molecule has 1 aliphatic heterocycles. The van der Waals surface area contributed by atoms with Crippen LogP contribution in [0.3, 0.4) is 0 Å². The maximum absolute atomic E-state index is 9.57. The number of pyridine rings is 1. The van der Waals surface area contributed by atoms with Crippen molar-refractivity contribution >= 4 is 24.8 Å².